The maximum atomic E-state index is 11.6. The van der Waals surface area contributed by atoms with Crippen molar-refractivity contribution in [2.75, 3.05) is 19.6 Å². The van der Waals surface area contributed by atoms with Crippen LogP contribution in [-0.4, -0.2) is 30.4 Å². The molecule has 76 valence electrons. The highest BCUT2D eigenvalue weighted by atomic mass is 16.2. The molecular weight excluding hydrogens is 164 g/mol. The smallest absolute Gasteiger partial charge is 0.223 e. The lowest BCUT2D eigenvalue weighted by Gasteiger charge is -2.36. The van der Waals surface area contributed by atoms with E-state index in [1.54, 1.807) is 0 Å². The summed E-state index contributed by atoms with van der Waals surface area (Å²) in [5.74, 6) is 0.296. The van der Waals surface area contributed by atoms with Gasteiger partial charge in [0.05, 0.1) is 0 Å². The molecule has 0 aliphatic carbocycles. The zero-order valence-corrected chi connectivity index (χ0v) is 8.68. The Hall–Kier alpha value is -0.570. The van der Waals surface area contributed by atoms with Gasteiger partial charge in [0.2, 0.25) is 5.91 Å². The van der Waals surface area contributed by atoms with E-state index in [2.05, 4.69) is 13.8 Å². The second kappa shape index (κ2) is 4.09. The average Bonchev–Trinajstić information content (AvgIpc) is 2.02. The standard InChI is InChI=1S/C10H20N2O/c1-10(2)4-7-12(6-3-5-11)9(13)8-10/h3-8,11H2,1-2H3. The Labute approximate surface area is 80.3 Å². The van der Waals surface area contributed by atoms with Gasteiger partial charge in [0.15, 0.2) is 0 Å². The summed E-state index contributed by atoms with van der Waals surface area (Å²) in [5, 5.41) is 0. The maximum Gasteiger partial charge on any atom is 0.223 e. The molecule has 3 nitrogen and oxygen atoms in total. The zero-order valence-electron chi connectivity index (χ0n) is 8.68. The van der Waals surface area contributed by atoms with Crippen molar-refractivity contribution in [2.45, 2.75) is 33.1 Å². The highest BCUT2D eigenvalue weighted by Crippen LogP contribution is 2.30. The van der Waals surface area contributed by atoms with Gasteiger partial charge in [-0.3, -0.25) is 4.79 Å². The van der Waals surface area contributed by atoms with Gasteiger partial charge >= 0.3 is 0 Å². The van der Waals surface area contributed by atoms with Gasteiger partial charge in [-0.1, -0.05) is 13.8 Å². The van der Waals surface area contributed by atoms with Crippen molar-refractivity contribution in [3.8, 4) is 0 Å². The first kappa shape index (κ1) is 10.5. The predicted octanol–water partition coefficient (Wildman–Crippen LogP) is 0.984. The van der Waals surface area contributed by atoms with E-state index in [0.717, 1.165) is 25.9 Å². The van der Waals surface area contributed by atoms with E-state index in [4.69, 9.17) is 5.73 Å². The fraction of sp³-hybridized carbons (Fsp3) is 0.900. The SMILES string of the molecule is CC1(C)CCN(CCCN)C(=O)C1. The van der Waals surface area contributed by atoms with Crippen molar-refractivity contribution in [1.29, 1.82) is 0 Å². The number of amides is 1. The first-order valence-corrected chi connectivity index (χ1v) is 5.03. The van der Waals surface area contributed by atoms with Gasteiger partial charge in [0.25, 0.3) is 0 Å². The first-order valence-electron chi connectivity index (χ1n) is 5.03. The number of likely N-dealkylation sites (tertiary alicyclic amines) is 1. The lowest BCUT2D eigenvalue weighted by atomic mass is 9.82. The van der Waals surface area contributed by atoms with Crippen LogP contribution in [0.1, 0.15) is 33.1 Å². The van der Waals surface area contributed by atoms with Crippen LogP contribution in [0.25, 0.3) is 0 Å². The molecule has 0 atom stereocenters. The Morgan fingerprint density at radius 1 is 1.54 bits per heavy atom. The predicted molar refractivity (Wildman–Crippen MR) is 53.3 cm³/mol. The number of rotatable bonds is 3. The number of nitrogens with two attached hydrogens (primary N) is 1. The zero-order chi connectivity index (χ0) is 9.90. The van der Waals surface area contributed by atoms with Crippen LogP contribution >= 0.6 is 0 Å². The molecule has 0 aromatic carbocycles. The Morgan fingerprint density at radius 3 is 2.77 bits per heavy atom. The molecule has 13 heavy (non-hydrogen) atoms. The first-order chi connectivity index (χ1) is 6.05. The van der Waals surface area contributed by atoms with Crippen LogP contribution < -0.4 is 5.73 Å². The second-order valence-electron chi connectivity index (χ2n) is 4.61. The van der Waals surface area contributed by atoms with Crippen LogP contribution in [0.3, 0.4) is 0 Å². The number of carbonyl (C=O) groups is 1. The van der Waals surface area contributed by atoms with Crippen LogP contribution in [-0.2, 0) is 4.79 Å². The molecule has 0 radical (unpaired) electrons. The molecule has 1 amide bonds. The number of hydrogen-bond donors (Lipinski definition) is 1. The van der Waals surface area contributed by atoms with Crippen molar-refractivity contribution in [1.82, 2.24) is 4.90 Å². The van der Waals surface area contributed by atoms with Crippen LogP contribution in [0.4, 0.5) is 0 Å². The summed E-state index contributed by atoms with van der Waals surface area (Å²) >= 11 is 0. The third kappa shape index (κ3) is 2.99. The summed E-state index contributed by atoms with van der Waals surface area (Å²) in [6.45, 7) is 6.74. The largest absolute Gasteiger partial charge is 0.343 e. The van der Waals surface area contributed by atoms with Gasteiger partial charge in [-0.05, 0) is 24.8 Å². The summed E-state index contributed by atoms with van der Waals surface area (Å²) in [4.78, 5) is 13.5. The summed E-state index contributed by atoms with van der Waals surface area (Å²) < 4.78 is 0. The lowest BCUT2D eigenvalue weighted by molar-refractivity contribution is -0.137. The molecule has 1 aliphatic heterocycles. The van der Waals surface area contributed by atoms with Gasteiger partial charge in [-0.25, -0.2) is 0 Å². The van der Waals surface area contributed by atoms with Crippen molar-refractivity contribution >= 4 is 5.91 Å². The van der Waals surface area contributed by atoms with E-state index in [1.807, 2.05) is 4.90 Å². The fourth-order valence-corrected chi connectivity index (χ4v) is 1.69. The summed E-state index contributed by atoms with van der Waals surface area (Å²) in [6.07, 6.45) is 2.73. The molecule has 3 heteroatoms. The molecule has 1 aliphatic rings. The van der Waals surface area contributed by atoms with E-state index in [-0.39, 0.29) is 5.41 Å². The van der Waals surface area contributed by atoms with Crippen LogP contribution in [0.15, 0.2) is 0 Å². The molecule has 0 bridgehead atoms. The molecule has 1 fully saturated rings. The monoisotopic (exact) mass is 184 g/mol. The van der Waals surface area contributed by atoms with Crippen LogP contribution in [0, 0.1) is 5.41 Å². The molecule has 0 saturated carbocycles. The van der Waals surface area contributed by atoms with Crippen LogP contribution in [0.2, 0.25) is 0 Å². The molecule has 1 rings (SSSR count). The van der Waals surface area contributed by atoms with Crippen LogP contribution in [0.5, 0.6) is 0 Å². The Kier molecular flexibility index (Phi) is 3.31. The Balaban J connectivity index is 2.40. The molecule has 2 N–H and O–H groups in total. The minimum Gasteiger partial charge on any atom is -0.343 e. The normalized spacial score (nSPS) is 22.1. The number of carbonyl (C=O) groups excluding carboxylic acids is 1. The summed E-state index contributed by atoms with van der Waals surface area (Å²) in [5.41, 5.74) is 5.61. The molecule has 0 unspecified atom stereocenters. The molecule has 1 saturated heterocycles. The summed E-state index contributed by atoms with van der Waals surface area (Å²) in [6, 6.07) is 0. The van der Waals surface area contributed by atoms with Gasteiger partial charge in [0, 0.05) is 19.5 Å². The third-order valence-electron chi connectivity index (χ3n) is 2.67. The Morgan fingerprint density at radius 2 is 2.23 bits per heavy atom. The van der Waals surface area contributed by atoms with Crippen molar-refractivity contribution in [2.24, 2.45) is 11.1 Å². The van der Waals surface area contributed by atoms with Gasteiger partial charge in [-0.2, -0.15) is 0 Å². The van der Waals surface area contributed by atoms with E-state index in [0.29, 0.717) is 18.9 Å². The van der Waals surface area contributed by atoms with Crippen molar-refractivity contribution in [3.63, 3.8) is 0 Å². The molecule has 0 aromatic heterocycles. The Bertz CT molecular complexity index is 189. The second-order valence-corrected chi connectivity index (χ2v) is 4.61. The quantitative estimate of drug-likeness (QED) is 0.711. The lowest BCUT2D eigenvalue weighted by Crippen LogP contribution is -2.42. The van der Waals surface area contributed by atoms with Gasteiger partial charge < -0.3 is 10.6 Å². The highest BCUT2D eigenvalue weighted by molar-refractivity contribution is 5.77. The third-order valence-corrected chi connectivity index (χ3v) is 2.67. The highest BCUT2D eigenvalue weighted by Gasteiger charge is 2.30. The molecule has 0 aromatic rings. The van der Waals surface area contributed by atoms with Gasteiger partial charge in [0.1, 0.15) is 0 Å². The van der Waals surface area contributed by atoms with Gasteiger partial charge in [-0.15, -0.1) is 0 Å². The van der Waals surface area contributed by atoms with Crippen molar-refractivity contribution in [3.05, 3.63) is 0 Å². The minimum absolute atomic E-state index is 0.205. The maximum absolute atomic E-state index is 11.6. The molecular formula is C10H20N2O. The number of hydrogen-bond acceptors (Lipinski definition) is 2. The molecule has 0 spiro atoms. The van der Waals surface area contributed by atoms with Crippen molar-refractivity contribution < 1.29 is 4.79 Å². The van der Waals surface area contributed by atoms with E-state index in [9.17, 15) is 4.79 Å². The topological polar surface area (TPSA) is 46.3 Å². The van der Waals surface area contributed by atoms with E-state index in [1.165, 1.54) is 0 Å². The number of piperidine rings is 1. The van der Waals surface area contributed by atoms with E-state index >= 15 is 0 Å². The summed E-state index contributed by atoms with van der Waals surface area (Å²) in [7, 11) is 0. The average molecular weight is 184 g/mol. The number of nitrogens with zero attached hydrogens (tertiary/aromatic N) is 1. The molecule has 1 heterocycles. The van der Waals surface area contributed by atoms with E-state index < -0.39 is 0 Å². The minimum atomic E-state index is 0.205. The fourth-order valence-electron chi connectivity index (χ4n) is 1.69.